The number of hydrogen-bond acceptors (Lipinski definition) is 5. The molecule has 1 unspecified atom stereocenters. The Balaban J connectivity index is 1.81. The molecule has 0 saturated carbocycles. The molecule has 2 fully saturated rings. The normalized spacial score (nSPS) is 25.1. The molecule has 2 aliphatic heterocycles. The van der Waals surface area contributed by atoms with E-state index in [-0.39, 0.29) is 11.3 Å². The molecule has 1 spiro atoms. The molecule has 7 heteroatoms. The Morgan fingerprint density at radius 3 is 2.78 bits per heavy atom. The summed E-state index contributed by atoms with van der Waals surface area (Å²) < 4.78 is 0. The molecule has 0 radical (unpaired) electrons. The van der Waals surface area contributed by atoms with E-state index in [0.29, 0.717) is 31.1 Å². The topological polar surface area (TPSA) is 82.5 Å². The van der Waals surface area contributed by atoms with Crippen LogP contribution in [-0.2, 0) is 4.79 Å². The number of nitrogens with zero attached hydrogens (tertiary/aromatic N) is 2. The summed E-state index contributed by atoms with van der Waals surface area (Å²) in [7, 11) is 0. The van der Waals surface area contributed by atoms with Crippen LogP contribution in [0, 0.1) is 11.3 Å². The van der Waals surface area contributed by atoms with Crippen LogP contribution in [0.5, 0.6) is 0 Å². The molecule has 6 nitrogen and oxygen atoms in total. The molecule has 0 aromatic carbocycles. The molecule has 3 rings (SSSR count). The maximum atomic E-state index is 12.2. The maximum absolute atomic E-state index is 12.2. The molecule has 96 valence electrons. The molecule has 1 amide bonds. The predicted molar refractivity (Wildman–Crippen MR) is 64.4 cm³/mol. The smallest absolute Gasteiger partial charge is 0.309 e. The molecular weight excluding hydrogens is 254 g/mol. The van der Waals surface area contributed by atoms with Crippen LogP contribution in [0.4, 0.5) is 0 Å². The molecule has 0 aliphatic carbocycles. The molecule has 3 heterocycles. The van der Waals surface area contributed by atoms with E-state index in [0.717, 1.165) is 0 Å². The number of rotatable bonds is 2. The number of carboxylic acid groups (broad SMARTS) is 1. The van der Waals surface area contributed by atoms with E-state index in [9.17, 15) is 14.7 Å². The third kappa shape index (κ3) is 1.62. The highest BCUT2D eigenvalue weighted by Gasteiger charge is 2.55. The molecular formula is C11H13N3O3S. The fourth-order valence-electron chi connectivity index (χ4n) is 2.75. The van der Waals surface area contributed by atoms with Crippen LogP contribution in [0.3, 0.4) is 0 Å². The Bertz CT molecular complexity index is 484. The second-order valence-electron chi connectivity index (χ2n) is 4.91. The van der Waals surface area contributed by atoms with Crippen molar-refractivity contribution < 1.29 is 14.7 Å². The van der Waals surface area contributed by atoms with E-state index in [2.05, 4.69) is 10.3 Å². The Morgan fingerprint density at radius 1 is 1.56 bits per heavy atom. The minimum absolute atomic E-state index is 0.104. The van der Waals surface area contributed by atoms with Crippen molar-refractivity contribution in [2.24, 2.45) is 11.3 Å². The van der Waals surface area contributed by atoms with Crippen molar-refractivity contribution in [2.45, 2.75) is 0 Å². The highest BCUT2D eigenvalue weighted by molar-refractivity contribution is 7.11. The number of aromatic nitrogens is 1. The Labute approximate surface area is 108 Å². The van der Waals surface area contributed by atoms with Gasteiger partial charge in [-0.1, -0.05) is 0 Å². The first-order valence-electron chi connectivity index (χ1n) is 5.74. The lowest BCUT2D eigenvalue weighted by atomic mass is 9.73. The second-order valence-corrected chi connectivity index (χ2v) is 5.79. The van der Waals surface area contributed by atoms with Gasteiger partial charge in [0.2, 0.25) is 0 Å². The van der Waals surface area contributed by atoms with Gasteiger partial charge in [0.05, 0.1) is 17.6 Å². The van der Waals surface area contributed by atoms with Gasteiger partial charge in [0.15, 0.2) is 0 Å². The monoisotopic (exact) mass is 267 g/mol. The number of hydrogen-bond donors (Lipinski definition) is 2. The van der Waals surface area contributed by atoms with Gasteiger partial charge in [-0.05, 0) is 0 Å². The Morgan fingerprint density at radius 2 is 2.33 bits per heavy atom. The molecule has 18 heavy (non-hydrogen) atoms. The summed E-state index contributed by atoms with van der Waals surface area (Å²) in [5, 5.41) is 12.4. The van der Waals surface area contributed by atoms with Crippen molar-refractivity contribution in [2.75, 3.05) is 26.2 Å². The number of nitrogens with one attached hydrogen (secondary N) is 1. The molecule has 1 aromatic heterocycles. The first kappa shape index (κ1) is 11.6. The van der Waals surface area contributed by atoms with Crippen molar-refractivity contribution in [1.29, 1.82) is 0 Å². The molecule has 2 N–H and O–H groups in total. The van der Waals surface area contributed by atoms with Crippen LogP contribution in [0.1, 0.15) is 9.67 Å². The molecule has 2 saturated heterocycles. The zero-order chi connectivity index (χ0) is 12.8. The lowest BCUT2D eigenvalue weighted by Crippen LogP contribution is -2.59. The summed E-state index contributed by atoms with van der Waals surface area (Å²) in [5.74, 6) is -1.38. The Hall–Kier alpha value is -1.47. The van der Waals surface area contributed by atoms with Gasteiger partial charge in [-0.3, -0.25) is 14.6 Å². The lowest BCUT2D eigenvalue weighted by Gasteiger charge is -2.41. The van der Waals surface area contributed by atoms with E-state index in [4.69, 9.17) is 0 Å². The molecule has 0 bridgehead atoms. The first-order valence-corrected chi connectivity index (χ1v) is 6.62. The average molecular weight is 267 g/mol. The zero-order valence-electron chi connectivity index (χ0n) is 9.63. The summed E-state index contributed by atoms with van der Waals surface area (Å²) in [5.41, 5.74) is 1.34. The lowest BCUT2D eigenvalue weighted by molar-refractivity contribution is -0.145. The van der Waals surface area contributed by atoms with Gasteiger partial charge in [-0.25, -0.2) is 0 Å². The van der Waals surface area contributed by atoms with Gasteiger partial charge in [0.25, 0.3) is 5.91 Å². The molecule has 1 aromatic rings. The minimum Gasteiger partial charge on any atom is -0.481 e. The standard InChI is InChI=1S/C11H13N3O3S/c15-9(8-1-12-6-18-8)14-2-7(10(16)17)11(5-14)3-13-4-11/h1,6-7,13H,2-5H2,(H,16,17). The van der Waals surface area contributed by atoms with Gasteiger partial charge in [-0.2, -0.15) is 0 Å². The van der Waals surface area contributed by atoms with Gasteiger partial charge < -0.3 is 15.3 Å². The molecule has 1 atom stereocenters. The number of aliphatic carboxylic acids is 1. The van der Waals surface area contributed by atoms with Crippen molar-refractivity contribution in [3.05, 3.63) is 16.6 Å². The second kappa shape index (κ2) is 4.03. The van der Waals surface area contributed by atoms with E-state index in [1.54, 1.807) is 10.4 Å². The number of likely N-dealkylation sites (tertiary alicyclic amines) is 1. The number of carbonyl (C=O) groups excluding carboxylic acids is 1. The largest absolute Gasteiger partial charge is 0.481 e. The van der Waals surface area contributed by atoms with Crippen LogP contribution >= 0.6 is 11.3 Å². The van der Waals surface area contributed by atoms with Gasteiger partial charge in [0.1, 0.15) is 4.88 Å². The third-order valence-electron chi connectivity index (χ3n) is 3.83. The van der Waals surface area contributed by atoms with Crippen LogP contribution in [0.25, 0.3) is 0 Å². The molecule has 2 aliphatic rings. The van der Waals surface area contributed by atoms with Crippen molar-refractivity contribution in [3.63, 3.8) is 0 Å². The van der Waals surface area contributed by atoms with Crippen LogP contribution < -0.4 is 5.32 Å². The van der Waals surface area contributed by atoms with Crippen LogP contribution in [0.2, 0.25) is 0 Å². The van der Waals surface area contributed by atoms with E-state index < -0.39 is 11.9 Å². The maximum Gasteiger partial charge on any atom is 0.309 e. The number of amides is 1. The highest BCUT2D eigenvalue weighted by Crippen LogP contribution is 2.40. The van der Waals surface area contributed by atoms with Gasteiger partial charge >= 0.3 is 5.97 Å². The number of carboxylic acids is 1. The van der Waals surface area contributed by atoms with Gasteiger partial charge in [0, 0.05) is 31.6 Å². The Kier molecular flexibility index (Phi) is 2.60. The zero-order valence-corrected chi connectivity index (χ0v) is 10.4. The van der Waals surface area contributed by atoms with Crippen molar-refractivity contribution in [1.82, 2.24) is 15.2 Å². The fraction of sp³-hybridized carbons (Fsp3) is 0.545. The van der Waals surface area contributed by atoms with Crippen LogP contribution in [-0.4, -0.2) is 53.0 Å². The number of carbonyl (C=O) groups is 2. The van der Waals surface area contributed by atoms with Gasteiger partial charge in [-0.15, -0.1) is 11.3 Å². The first-order chi connectivity index (χ1) is 8.62. The fourth-order valence-corrected chi connectivity index (χ4v) is 3.33. The quantitative estimate of drug-likeness (QED) is 0.781. The summed E-state index contributed by atoms with van der Waals surface area (Å²) in [6.07, 6.45) is 1.53. The number of thiazole rings is 1. The van der Waals surface area contributed by atoms with E-state index in [1.807, 2.05) is 0 Å². The van der Waals surface area contributed by atoms with Crippen LogP contribution in [0.15, 0.2) is 11.7 Å². The summed E-state index contributed by atoms with van der Waals surface area (Å²) in [6.45, 7) is 2.17. The average Bonchev–Trinajstić information content (AvgIpc) is 2.94. The van der Waals surface area contributed by atoms with E-state index >= 15 is 0 Å². The van der Waals surface area contributed by atoms with Crippen molar-refractivity contribution >= 4 is 23.2 Å². The van der Waals surface area contributed by atoms with E-state index in [1.165, 1.54) is 17.5 Å². The SMILES string of the molecule is O=C(O)C1CN(C(=O)c2cncs2)CC12CNC2. The third-order valence-corrected chi connectivity index (χ3v) is 4.59. The summed E-state index contributed by atoms with van der Waals surface area (Å²) in [4.78, 5) is 29.6. The highest BCUT2D eigenvalue weighted by atomic mass is 32.1. The minimum atomic E-state index is -0.809. The summed E-state index contributed by atoms with van der Waals surface area (Å²) in [6, 6.07) is 0. The van der Waals surface area contributed by atoms with Crippen molar-refractivity contribution in [3.8, 4) is 0 Å². The predicted octanol–water partition coefficient (Wildman–Crippen LogP) is -0.111. The summed E-state index contributed by atoms with van der Waals surface area (Å²) >= 11 is 1.29.